The molecule has 1 heterocycles. The van der Waals surface area contributed by atoms with Crippen LogP contribution in [0.3, 0.4) is 0 Å². The SMILES string of the molecule is Cc1ccnc(N)c1N(C)C. The standard InChI is InChI=1S/C8H13N3/c1-6-4-5-10-8(9)7(6)11(2)3/h4-5H,1-3H3,(H2,9,10). The minimum atomic E-state index is 0.593. The van der Waals surface area contributed by atoms with E-state index in [9.17, 15) is 0 Å². The van der Waals surface area contributed by atoms with Gasteiger partial charge in [-0.1, -0.05) is 0 Å². The maximum atomic E-state index is 5.67. The Bertz CT molecular complexity index is 235. The summed E-state index contributed by atoms with van der Waals surface area (Å²) in [6.45, 7) is 2.02. The van der Waals surface area contributed by atoms with Gasteiger partial charge in [-0.15, -0.1) is 0 Å². The largest absolute Gasteiger partial charge is 0.382 e. The molecule has 0 amide bonds. The Morgan fingerprint density at radius 3 is 2.45 bits per heavy atom. The van der Waals surface area contributed by atoms with Crippen LogP contribution in [0.2, 0.25) is 0 Å². The predicted octanol–water partition coefficient (Wildman–Crippen LogP) is 1.04. The lowest BCUT2D eigenvalue weighted by Crippen LogP contribution is -2.13. The van der Waals surface area contributed by atoms with Crippen molar-refractivity contribution in [3.63, 3.8) is 0 Å². The third-order valence-corrected chi connectivity index (χ3v) is 1.60. The maximum Gasteiger partial charge on any atom is 0.147 e. The first-order valence-corrected chi connectivity index (χ1v) is 3.51. The highest BCUT2D eigenvalue weighted by Crippen LogP contribution is 2.22. The van der Waals surface area contributed by atoms with Gasteiger partial charge in [-0.2, -0.15) is 0 Å². The highest BCUT2D eigenvalue weighted by molar-refractivity contribution is 5.66. The second-order valence-corrected chi connectivity index (χ2v) is 2.76. The Morgan fingerprint density at radius 2 is 2.09 bits per heavy atom. The van der Waals surface area contributed by atoms with Crippen molar-refractivity contribution in [2.24, 2.45) is 0 Å². The van der Waals surface area contributed by atoms with Crippen molar-refractivity contribution < 1.29 is 0 Å². The maximum absolute atomic E-state index is 5.67. The van der Waals surface area contributed by atoms with Gasteiger partial charge in [-0.05, 0) is 18.6 Å². The van der Waals surface area contributed by atoms with E-state index in [1.54, 1.807) is 6.20 Å². The number of aryl methyl sites for hydroxylation is 1. The molecule has 0 unspecified atom stereocenters. The van der Waals surface area contributed by atoms with E-state index in [2.05, 4.69) is 4.98 Å². The fraction of sp³-hybridized carbons (Fsp3) is 0.375. The average Bonchev–Trinajstić information content (AvgIpc) is 1.85. The van der Waals surface area contributed by atoms with Gasteiger partial charge in [0.25, 0.3) is 0 Å². The first-order valence-electron chi connectivity index (χ1n) is 3.51. The normalized spacial score (nSPS) is 9.73. The Kier molecular flexibility index (Phi) is 1.98. The van der Waals surface area contributed by atoms with Crippen molar-refractivity contribution in [3.05, 3.63) is 17.8 Å². The Labute approximate surface area is 66.8 Å². The predicted molar refractivity (Wildman–Crippen MR) is 47.7 cm³/mol. The van der Waals surface area contributed by atoms with Crippen LogP contribution in [0.25, 0.3) is 0 Å². The molecule has 0 spiro atoms. The van der Waals surface area contributed by atoms with Gasteiger partial charge in [0.2, 0.25) is 0 Å². The summed E-state index contributed by atoms with van der Waals surface area (Å²) in [6.07, 6.45) is 1.72. The molecule has 0 fully saturated rings. The molecule has 11 heavy (non-hydrogen) atoms. The smallest absolute Gasteiger partial charge is 0.147 e. The summed E-state index contributed by atoms with van der Waals surface area (Å²) in [6, 6.07) is 1.95. The van der Waals surface area contributed by atoms with Gasteiger partial charge in [-0.3, -0.25) is 0 Å². The summed E-state index contributed by atoms with van der Waals surface area (Å²) in [5.41, 5.74) is 7.83. The minimum absolute atomic E-state index is 0.593. The van der Waals surface area contributed by atoms with Gasteiger partial charge < -0.3 is 10.6 Å². The first kappa shape index (κ1) is 7.85. The molecule has 0 bridgehead atoms. The third-order valence-electron chi connectivity index (χ3n) is 1.60. The lowest BCUT2D eigenvalue weighted by Gasteiger charge is -2.16. The molecule has 0 saturated carbocycles. The summed E-state index contributed by atoms with van der Waals surface area (Å²) in [4.78, 5) is 5.97. The number of hydrogen-bond donors (Lipinski definition) is 1. The van der Waals surface area contributed by atoms with Crippen LogP contribution in [0.4, 0.5) is 11.5 Å². The number of hydrogen-bond acceptors (Lipinski definition) is 3. The molecule has 0 aromatic carbocycles. The molecular weight excluding hydrogens is 138 g/mol. The fourth-order valence-corrected chi connectivity index (χ4v) is 1.15. The van der Waals surface area contributed by atoms with Crippen LogP contribution < -0.4 is 10.6 Å². The number of rotatable bonds is 1. The van der Waals surface area contributed by atoms with E-state index in [-0.39, 0.29) is 0 Å². The number of pyridine rings is 1. The zero-order valence-electron chi connectivity index (χ0n) is 7.13. The molecule has 3 nitrogen and oxygen atoms in total. The van der Waals surface area contributed by atoms with Crippen LogP contribution in [0.15, 0.2) is 12.3 Å². The second-order valence-electron chi connectivity index (χ2n) is 2.76. The second kappa shape index (κ2) is 2.78. The highest BCUT2D eigenvalue weighted by atomic mass is 15.1. The first-order chi connectivity index (χ1) is 5.13. The van der Waals surface area contributed by atoms with E-state index in [1.165, 1.54) is 0 Å². The molecule has 1 rings (SSSR count). The van der Waals surface area contributed by atoms with Gasteiger partial charge in [0.1, 0.15) is 5.82 Å². The number of aromatic nitrogens is 1. The van der Waals surface area contributed by atoms with Crippen molar-refractivity contribution in [1.82, 2.24) is 4.98 Å². The van der Waals surface area contributed by atoms with Crippen molar-refractivity contribution in [2.75, 3.05) is 24.7 Å². The van der Waals surface area contributed by atoms with Gasteiger partial charge in [-0.25, -0.2) is 4.98 Å². The van der Waals surface area contributed by atoms with E-state index in [0.717, 1.165) is 11.3 Å². The Hall–Kier alpha value is -1.25. The van der Waals surface area contributed by atoms with E-state index < -0.39 is 0 Å². The summed E-state index contributed by atoms with van der Waals surface area (Å²) in [5, 5.41) is 0. The van der Waals surface area contributed by atoms with Crippen LogP contribution in [-0.4, -0.2) is 19.1 Å². The molecule has 0 aliphatic carbocycles. The lowest BCUT2D eigenvalue weighted by molar-refractivity contribution is 1.10. The zero-order valence-corrected chi connectivity index (χ0v) is 7.13. The van der Waals surface area contributed by atoms with Crippen LogP contribution in [-0.2, 0) is 0 Å². The van der Waals surface area contributed by atoms with Gasteiger partial charge in [0.15, 0.2) is 0 Å². The van der Waals surface area contributed by atoms with Crippen molar-refractivity contribution in [3.8, 4) is 0 Å². The zero-order chi connectivity index (χ0) is 8.43. The van der Waals surface area contributed by atoms with Crippen LogP contribution in [0.1, 0.15) is 5.56 Å². The minimum Gasteiger partial charge on any atom is -0.382 e. The molecule has 0 aliphatic rings. The van der Waals surface area contributed by atoms with Crippen molar-refractivity contribution in [2.45, 2.75) is 6.92 Å². The van der Waals surface area contributed by atoms with Crippen molar-refractivity contribution >= 4 is 11.5 Å². The monoisotopic (exact) mass is 151 g/mol. The molecule has 0 aliphatic heterocycles. The van der Waals surface area contributed by atoms with E-state index in [4.69, 9.17) is 5.73 Å². The molecule has 0 atom stereocenters. The number of nitrogens with zero attached hydrogens (tertiary/aromatic N) is 2. The van der Waals surface area contributed by atoms with E-state index in [1.807, 2.05) is 32.0 Å². The number of nitrogens with two attached hydrogens (primary N) is 1. The summed E-state index contributed by atoms with van der Waals surface area (Å²) < 4.78 is 0. The van der Waals surface area contributed by atoms with Gasteiger partial charge in [0.05, 0.1) is 5.69 Å². The summed E-state index contributed by atoms with van der Waals surface area (Å²) >= 11 is 0. The number of nitrogen functional groups attached to an aromatic ring is 1. The molecule has 3 heteroatoms. The van der Waals surface area contributed by atoms with Crippen molar-refractivity contribution in [1.29, 1.82) is 0 Å². The number of anilines is 2. The highest BCUT2D eigenvalue weighted by Gasteiger charge is 2.04. The molecular formula is C8H13N3. The summed E-state index contributed by atoms with van der Waals surface area (Å²) in [7, 11) is 3.92. The molecule has 1 aromatic heterocycles. The molecule has 0 radical (unpaired) electrons. The Balaban J connectivity index is 3.21. The van der Waals surface area contributed by atoms with Gasteiger partial charge >= 0.3 is 0 Å². The quantitative estimate of drug-likeness (QED) is 0.652. The van der Waals surface area contributed by atoms with E-state index >= 15 is 0 Å². The van der Waals surface area contributed by atoms with E-state index in [0.29, 0.717) is 5.82 Å². The molecule has 60 valence electrons. The van der Waals surface area contributed by atoms with Gasteiger partial charge in [0, 0.05) is 20.3 Å². The van der Waals surface area contributed by atoms with Crippen LogP contribution in [0, 0.1) is 6.92 Å². The third kappa shape index (κ3) is 1.42. The fourth-order valence-electron chi connectivity index (χ4n) is 1.15. The van der Waals surface area contributed by atoms with Crippen LogP contribution in [0.5, 0.6) is 0 Å². The molecule has 1 aromatic rings. The van der Waals surface area contributed by atoms with Crippen LogP contribution >= 0.6 is 0 Å². The average molecular weight is 151 g/mol. The Morgan fingerprint density at radius 1 is 1.45 bits per heavy atom. The summed E-state index contributed by atoms with van der Waals surface area (Å²) in [5.74, 6) is 0.593. The molecule has 0 saturated heterocycles. The topological polar surface area (TPSA) is 42.1 Å². The lowest BCUT2D eigenvalue weighted by atomic mass is 10.2. The molecule has 2 N–H and O–H groups in total.